The molecule has 2 heterocycles. The van der Waals surface area contributed by atoms with E-state index in [1.54, 1.807) is 0 Å². The Bertz CT molecular complexity index is 3290. The highest BCUT2D eigenvalue weighted by molar-refractivity contribution is 7.25. The van der Waals surface area contributed by atoms with Crippen LogP contribution in [-0.4, -0.2) is 10.6 Å². The van der Waals surface area contributed by atoms with Crippen LogP contribution < -0.4 is 4.90 Å². The molecule has 1 aliphatic rings. The van der Waals surface area contributed by atoms with Gasteiger partial charge in [-0.05, 0) is 107 Å². The van der Waals surface area contributed by atoms with E-state index in [-0.39, 0.29) is 6.04 Å². The van der Waals surface area contributed by atoms with E-state index in [2.05, 4.69) is 211 Å². The molecule has 1 aliphatic carbocycles. The van der Waals surface area contributed by atoms with E-state index in [1.807, 2.05) is 17.4 Å². The molecule has 0 saturated carbocycles. The molecular formula is C56H42N2S. The summed E-state index contributed by atoms with van der Waals surface area (Å²) in [7, 11) is 0. The Balaban J connectivity index is 1.12. The molecule has 0 N–H and O–H groups in total. The highest BCUT2D eigenvalue weighted by Crippen LogP contribution is 2.45. The van der Waals surface area contributed by atoms with Crippen LogP contribution in [0.3, 0.4) is 0 Å². The molecule has 2 aromatic heterocycles. The predicted molar refractivity (Wildman–Crippen MR) is 256 cm³/mol. The maximum absolute atomic E-state index is 4.31. The molecule has 282 valence electrons. The van der Waals surface area contributed by atoms with Crippen LogP contribution in [0.25, 0.3) is 80.7 Å². The smallest absolute Gasteiger partial charge is 0.0547 e. The molecule has 2 nitrogen and oxygen atoms in total. The standard InChI is InChI=1S/C56H42N2S/c1-3-37(2)38-25-27-42(28-26-38)57(44-30-32-56-51(36-44)48-21-11-14-24-55(48)59-56)43-29-31-45(49(35-43)39-15-5-4-6-16-39)46-19-9-12-22-52(46)58-53-23-13-10-20-47(53)50-33-40-17-7-8-18-41(40)34-54(50)58/h3-25,27,29-36,38,42H,1-2,26,28H2. The van der Waals surface area contributed by atoms with Crippen LogP contribution in [0.1, 0.15) is 12.8 Å². The third-order valence-electron chi connectivity index (χ3n) is 12.4. The van der Waals surface area contributed by atoms with Crippen LogP contribution in [0.5, 0.6) is 0 Å². The number of allylic oxidation sites excluding steroid dienone is 3. The summed E-state index contributed by atoms with van der Waals surface area (Å²) in [6.07, 6.45) is 8.69. The van der Waals surface area contributed by atoms with E-state index >= 15 is 0 Å². The molecule has 2 unspecified atom stereocenters. The van der Waals surface area contributed by atoms with Crippen LogP contribution in [-0.2, 0) is 0 Å². The molecular weight excluding hydrogens is 733 g/mol. The molecule has 2 atom stereocenters. The first-order valence-corrected chi connectivity index (χ1v) is 21.4. The van der Waals surface area contributed by atoms with Crippen molar-refractivity contribution in [2.24, 2.45) is 5.92 Å². The third kappa shape index (κ3) is 6.00. The van der Waals surface area contributed by atoms with Crippen molar-refractivity contribution in [1.82, 2.24) is 4.57 Å². The average Bonchev–Trinajstić information content (AvgIpc) is 3.83. The first-order chi connectivity index (χ1) is 29.1. The Labute approximate surface area is 348 Å². The minimum atomic E-state index is 0.167. The van der Waals surface area contributed by atoms with E-state index < -0.39 is 0 Å². The number of rotatable bonds is 8. The van der Waals surface area contributed by atoms with Crippen molar-refractivity contribution in [3.63, 3.8) is 0 Å². The maximum Gasteiger partial charge on any atom is 0.0547 e. The lowest BCUT2D eigenvalue weighted by molar-refractivity contribution is 0.559. The minimum absolute atomic E-state index is 0.167. The first-order valence-electron chi connectivity index (χ1n) is 20.5. The quantitative estimate of drug-likeness (QED) is 0.110. The van der Waals surface area contributed by atoms with Gasteiger partial charge in [-0.1, -0.05) is 147 Å². The summed E-state index contributed by atoms with van der Waals surface area (Å²) in [6, 6.07) is 65.2. The van der Waals surface area contributed by atoms with Gasteiger partial charge in [-0.25, -0.2) is 0 Å². The van der Waals surface area contributed by atoms with Gasteiger partial charge in [0, 0.05) is 53.8 Å². The fourth-order valence-electron chi connectivity index (χ4n) is 9.46. The summed E-state index contributed by atoms with van der Waals surface area (Å²) < 4.78 is 5.11. The topological polar surface area (TPSA) is 8.17 Å². The van der Waals surface area contributed by atoms with Crippen LogP contribution in [0.15, 0.2) is 213 Å². The van der Waals surface area contributed by atoms with Crippen LogP contribution in [0.2, 0.25) is 0 Å². The second kappa shape index (κ2) is 14.5. The summed E-state index contributed by atoms with van der Waals surface area (Å²) in [6.45, 7) is 8.34. The Kier molecular flexibility index (Phi) is 8.64. The molecule has 11 rings (SSSR count). The number of aromatic nitrogens is 1. The Morgan fingerprint density at radius 2 is 1.24 bits per heavy atom. The van der Waals surface area contributed by atoms with Gasteiger partial charge < -0.3 is 9.47 Å². The Morgan fingerprint density at radius 1 is 0.542 bits per heavy atom. The molecule has 0 fully saturated rings. The van der Waals surface area contributed by atoms with Gasteiger partial charge in [0.1, 0.15) is 0 Å². The second-order valence-electron chi connectivity index (χ2n) is 15.7. The number of hydrogen-bond donors (Lipinski definition) is 0. The van der Waals surface area contributed by atoms with Gasteiger partial charge in [-0.3, -0.25) is 0 Å². The number of benzene rings is 8. The molecule has 0 amide bonds. The number of para-hydroxylation sites is 2. The Morgan fingerprint density at radius 3 is 2.07 bits per heavy atom. The van der Waals surface area contributed by atoms with Crippen molar-refractivity contribution in [1.29, 1.82) is 0 Å². The van der Waals surface area contributed by atoms with E-state index in [9.17, 15) is 0 Å². The van der Waals surface area contributed by atoms with Gasteiger partial charge in [0.05, 0.1) is 22.8 Å². The van der Waals surface area contributed by atoms with Gasteiger partial charge in [-0.2, -0.15) is 0 Å². The van der Waals surface area contributed by atoms with Crippen molar-refractivity contribution < 1.29 is 0 Å². The molecule has 59 heavy (non-hydrogen) atoms. The summed E-state index contributed by atoms with van der Waals surface area (Å²) in [5, 5.41) is 7.62. The largest absolute Gasteiger partial charge is 0.334 e. The highest BCUT2D eigenvalue weighted by Gasteiger charge is 2.26. The number of anilines is 2. The summed E-state index contributed by atoms with van der Waals surface area (Å²) in [5.41, 5.74) is 11.8. The SMILES string of the molecule is C=CC(=C)C1C=CC(N(c2ccc(-c3ccccc3-n3c4ccccc4c4cc5ccccc5cc43)c(-c3ccccc3)c2)c2ccc3sc4ccccc4c3c2)CC1. The molecule has 0 aliphatic heterocycles. The van der Waals surface area contributed by atoms with Crippen LogP contribution >= 0.6 is 11.3 Å². The highest BCUT2D eigenvalue weighted by atomic mass is 32.1. The van der Waals surface area contributed by atoms with E-state index in [0.717, 1.165) is 24.1 Å². The lowest BCUT2D eigenvalue weighted by atomic mass is 9.86. The normalized spacial score (nSPS) is 15.4. The van der Waals surface area contributed by atoms with Crippen molar-refractivity contribution >= 4 is 75.5 Å². The second-order valence-corrected chi connectivity index (χ2v) is 16.8. The minimum Gasteiger partial charge on any atom is -0.334 e. The van der Waals surface area contributed by atoms with Crippen molar-refractivity contribution in [2.45, 2.75) is 18.9 Å². The van der Waals surface area contributed by atoms with E-state index in [4.69, 9.17) is 0 Å². The number of nitrogens with zero attached hydrogens (tertiary/aromatic N) is 2. The van der Waals surface area contributed by atoms with Crippen LogP contribution in [0.4, 0.5) is 11.4 Å². The monoisotopic (exact) mass is 774 g/mol. The van der Waals surface area contributed by atoms with Gasteiger partial charge in [0.25, 0.3) is 0 Å². The average molecular weight is 775 g/mol. The maximum atomic E-state index is 4.31. The zero-order valence-electron chi connectivity index (χ0n) is 32.8. The molecule has 3 heteroatoms. The van der Waals surface area contributed by atoms with Gasteiger partial charge in [0.2, 0.25) is 0 Å². The van der Waals surface area contributed by atoms with Crippen LogP contribution in [0, 0.1) is 5.92 Å². The fourth-order valence-corrected chi connectivity index (χ4v) is 10.5. The molecule has 0 saturated heterocycles. The molecule has 0 spiro atoms. The van der Waals surface area contributed by atoms with Gasteiger partial charge in [0.15, 0.2) is 0 Å². The molecule has 10 aromatic rings. The third-order valence-corrected chi connectivity index (χ3v) is 13.5. The number of thiophene rings is 1. The van der Waals surface area contributed by atoms with Crippen molar-refractivity contribution in [3.8, 4) is 27.9 Å². The number of hydrogen-bond acceptors (Lipinski definition) is 2. The zero-order chi connectivity index (χ0) is 39.5. The zero-order valence-corrected chi connectivity index (χ0v) is 33.6. The lowest BCUT2D eigenvalue weighted by Gasteiger charge is -2.36. The summed E-state index contributed by atoms with van der Waals surface area (Å²) >= 11 is 1.87. The molecule has 0 radical (unpaired) electrons. The lowest BCUT2D eigenvalue weighted by Crippen LogP contribution is -2.32. The molecule has 0 bridgehead atoms. The van der Waals surface area contributed by atoms with Crippen molar-refractivity contribution in [3.05, 3.63) is 213 Å². The van der Waals surface area contributed by atoms with Gasteiger partial charge in [-0.15, -0.1) is 11.3 Å². The first kappa shape index (κ1) is 35.2. The Hall–Kier alpha value is -6.94. The fraction of sp³-hybridized carbons (Fsp3) is 0.0714. The summed E-state index contributed by atoms with van der Waals surface area (Å²) in [5.74, 6) is 0.312. The van der Waals surface area contributed by atoms with E-state index in [0.29, 0.717) is 5.92 Å². The summed E-state index contributed by atoms with van der Waals surface area (Å²) in [4.78, 5) is 2.56. The molecule has 8 aromatic carbocycles. The number of fused-ring (bicyclic) bond motifs is 7. The van der Waals surface area contributed by atoms with Crippen molar-refractivity contribution in [2.75, 3.05) is 4.90 Å². The van der Waals surface area contributed by atoms with Gasteiger partial charge >= 0.3 is 0 Å². The predicted octanol–water partition coefficient (Wildman–Crippen LogP) is 15.9. The van der Waals surface area contributed by atoms with E-state index in [1.165, 1.54) is 86.4 Å².